The Kier molecular flexibility index (Phi) is 12.9. The van der Waals surface area contributed by atoms with Gasteiger partial charge in [0.1, 0.15) is 0 Å². The van der Waals surface area contributed by atoms with Crippen LogP contribution in [0.25, 0.3) is 0 Å². The highest BCUT2D eigenvalue weighted by Gasteiger charge is 2.28. The van der Waals surface area contributed by atoms with E-state index in [1.165, 1.54) is 13.0 Å². The van der Waals surface area contributed by atoms with Gasteiger partial charge in [0, 0.05) is 20.0 Å². The van der Waals surface area contributed by atoms with Crippen molar-refractivity contribution in [1.29, 1.82) is 0 Å². The Morgan fingerprint density at radius 1 is 0.848 bits per heavy atom. The molecule has 3 amide bonds. The van der Waals surface area contributed by atoms with Crippen LogP contribution in [0.3, 0.4) is 0 Å². The summed E-state index contributed by atoms with van der Waals surface area (Å²) in [6, 6.07) is 1.27. The van der Waals surface area contributed by atoms with E-state index in [1.807, 2.05) is 45.2 Å². The van der Waals surface area contributed by atoms with Crippen molar-refractivity contribution >= 4 is 68.6 Å². The topological polar surface area (TPSA) is 200 Å². The third-order valence-corrected chi connectivity index (χ3v) is 6.52. The molecule has 33 heavy (non-hydrogen) atoms. The molecule has 186 valence electrons. The zero-order valence-electron chi connectivity index (χ0n) is 17.7. The summed E-state index contributed by atoms with van der Waals surface area (Å²) in [5.74, 6) is -1.91. The minimum atomic E-state index is -1.28. The summed E-state index contributed by atoms with van der Waals surface area (Å²) in [4.78, 5) is 39.1. The lowest BCUT2D eigenvalue weighted by molar-refractivity contribution is -0.117. The molecule has 0 aliphatic rings. The van der Waals surface area contributed by atoms with E-state index >= 15 is 0 Å². The maximum absolute atomic E-state index is 12.8. The number of carbonyl (C=O) groups is 3. The molecule has 1 aromatic carbocycles. The van der Waals surface area contributed by atoms with Crippen LogP contribution in [0.4, 0.5) is 5.69 Å². The maximum atomic E-state index is 12.8. The van der Waals surface area contributed by atoms with Gasteiger partial charge in [0.05, 0.1) is 68.6 Å². The van der Waals surface area contributed by atoms with Gasteiger partial charge in [0.15, 0.2) is 0 Å². The quantitative estimate of drug-likeness (QED) is 0.112. The lowest BCUT2D eigenvalue weighted by Crippen LogP contribution is -2.40. The lowest BCUT2D eigenvalue weighted by Gasteiger charge is -2.28. The number of amides is 3. The first-order valence-corrected chi connectivity index (χ1v) is 11.9. The summed E-state index contributed by atoms with van der Waals surface area (Å²) < 4.78 is 0.528. The average molecular weight is 695 g/mol. The van der Waals surface area contributed by atoms with Crippen LogP contribution in [0.5, 0.6) is 0 Å². The molecular formula is C19H27I2N3O9. The summed E-state index contributed by atoms with van der Waals surface area (Å²) in [5, 5.41) is 60.9. The van der Waals surface area contributed by atoms with Crippen molar-refractivity contribution in [3.05, 3.63) is 24.3 Å². The van der Waals surface area contributed by atoms with Gasteiger partial charge in [-0.2, -0.15) is 0 Å². The number of anilines is 1. The van der Waals surface area contributed by atoms with Gasteiger partial charge in [-0.05, 0) is 51.2 Å². The van der Waals surface area contributed by atoms with Crippen molar-refractivity contribution in [2.24, 2.45) is 0 Å². The SMILES string of the molecule is CC(=O)N(CC(O)CO)c1c(I)c(C(=O)NCC(O)CO)cc(C(=O)NCC(O)CO)c1I. The zero-order chi connectivity index (χ0) is 25.3. The molecule has 0 bridgehead atoms. The molecular weight excluding hydrogens is 668 g/mol. The van der Waals surface area contributed by atoms with Crippen molar-refractivity contribution in [2.75, 3.05) is 44.4 Å². The van der Waals surface area contributed by atoms with Crippen LogP contribution < -0.4 is 15.5 Å². The Bertz CT molecular complexity index is 806. The van der Waals surface area contributed by atoms with Gasteiger partial charge in [-0.3, -0.25) is 14.4 Å². The van der Waals surface area contributed by atoms with E-state index in [-0.39, 0.29) is 43.6 Å². The van der Waals surface area contributed by atoms with Gasteiger partial charge >= 0.3 is 0 Å². The average Bonchev–Trinajstić information content (AvgIpc) is 2.79. The third-order valence-electron chi connectivity index (χ3n) is 4.34. The van der Waals surface area contributed by atoms with E-state index < -0.39 is 55.9 Å². The number of aliphatic hydroxyl groups excluding tert-OH is 6. The standard InChI is InChI=1S/C19H27I2N3O9/c1-9(28)24(5-12(31)8-27)17-15(20)13(18(32)22-3-10(29)6-25)2-14(16(17)21)19(33)23-4-11(30)7-26/h2,10-12,25-27,29-31H,3-8H2,1H3,(H,22,32)(H,23,33). The molecule has 12 nitrogen and oxygen atoms in total. The molecule has 0 aliphatic carbocycles. The summed E-state index contributed by atoms with van der Waals surface area (Å²) in [7, 11) is 0. The number of aliphatic hydroxyl groups is 6. The van der Waals surface area contributed by atoms with Crippen molar-refractivity contribution in [3.63, 3.8) is 0 Å². The molecule has 0 fully saturated rings. The van der Waals surface area contributed by atoms with Gasteiger partial charge in [-0.25, -0.2) is 0 Å². The highest BCUT2D eigenvalue weighted by molar-refractivity contribution is 14.1. The fraction of sp³-hybridized carbons (Fsp3) is 0.526. The van der Waals surface area contributed by atoms with Crippen molar-refractivity contribution in [3.8, 4) is 0 Å². The minimum absolute atomic E-state index is 0.0197. The van der Waals surface area contributed by atoms with Crippen LogP contribution in [-0.4, -0.2) is 106 Å². The van der Waals surface area contributed by atoms with Gasteiger partial charge in [-0.15, -0.1) is 0 Å². The first-order valence-electron chi connectivity index (χ1n) is 9.71. The van der Waals surface area contributed by atoms with Gasteiger partial charge in [-0.1, -0.05) is 0 Å². The van der Waals surface area contributed by atoms with Crippen LogP contribution in [0.2, 0.25) is 0 Å². The minimum Gasteiger partial charge on any atom is -0.394 e. The first kappa shape index (κ1) is 29.9. The number of carbonyl (C=O) groups excluding carboxylic acids is 3. The Hall–Kier alpha value is -1.15. The van der Waals surface area contributed by atoms with E-state index in [2.05, 4.69) is 10.6 Å². The summed E-state index contributed by atoms with van der Waals surface area (Å²) in [5.41, 5.74) is 0.113. The Morgan fingerprint density at radius 3 is 1.58 bits per heavy atom. The molecule has 0 saturated carbocycles. The van der Waals surface area contributed by atoms with Crippen LogP contribution in [0.1, 0.15) is 27.6 Å². The number of nitrogens with one attached hydrogen (secondary N) is 2. The molecule has 14 heteroatoms. The van der Waals surface area contributed by atoms with E-state index in [4.69, 9.17) is 10.2 Å². The summed E-state index contributed by atoms with van der Waals surface area (Å²) in [6.45, 7) is -1.40. The Labute approximate surface area is 217 Å². The molecule has 1 rings (SSSR count). The number of benzene rings is 1. The number of rotatable bonds is 12. The molecule has 0 radical (unpaired) electrons. The lowest BCUT2D eigenvalue weighted by atomic mass is 10.1. The number of halogens is 2. The van der Waals surface area contributed by atoms with Gasteiger partial charge in [0.2, 0.25) is 5.91 Å². The molecule has 0 aromatic heterocycles. The largest absolute Gasteiger partial charge is 0.394 e. The number of hydrogen-bond donors (Lipinski definition) is 8. The number of hydrogen-bond acceptors (Lipinski definition) is 9. The number of nitrogens with zero attached hydrogens (tertiary/aromatic N) is 1. The summed E-state index contributed by atoms with van der Waals surface area (Å²) in [6.07, 6.45) is -3.69. The predicted octanol–water partition coefficient (Wildman–Crippen LogP) is -2.23. The van der Waals surface area contributed by atoms with E-state index in [0.717, 1.165) is 4.90 Å². The van der Waals surface area contributed by atoms with E-state index in [0.29, 0.717) is 0 Å². The van der Waals surface area contributed by atoms with Crippen LogP contribution in [0.15, 0.2) is 6.07 Å². The highest BCUT2D eigenvalue weighted by Crippen LogP contribution is 2.35. The maximum Gasteiger partial charge on any atom is 0.252 e. The third kappa shape index (κ3) is 8.53. The normalized spacial score (nSPS) is 13.7. The van der Waals surface area contributed by atoms with Gasteiger partial charge in [0.25, 0.3) is 11.8 Å². The second-order valence-corrected chi connectivity index (χ2v) is 9.16. The molecule has 0 saturated heterocycles. The second kappa shape index (κ2) is 14.3. The van der Waals surface area contributed by atoms with Crippen molar-refractivity contribution in [2.45, 2.75) is 25.2 Å². The monoisotopic (exact) mass is 695 g/mol. The zero-order valence-corrected chi connectivity index (χ0v) is 22.0. The van der Waals surface area contributed by atoms with Crippen LogP contribution >= 0.6 is 45.2 Å². The van der Waals surface area contributed by atoms with E-state index in [9.17, 15) is 34.8 Å². The van der Waals surface area contributed by atoms with Crippen LogP contribution in [0, 0.1) is 7.14 Å². The molecule has 3 unspecified atom stereocenters. The van der Waals surface area contributed by atoms with Gasteiger partial charge < -0.3 is 46.2 Å². The highest BCUT2D eigenvalue weighted by atomic mass is 127. The van der Waals surface area contributed by atoms with Crippen molar-refractivity contribution in [1.82, 2.24) is 10.6 Å². The Balaban J connectivity index is 3.58. The fourth-order valence-electron chi connectivity index (χ4n) is 2.58. The molecule has 8 N–H and O–H groups in total. The molecule has 0 aliphatic heterocycles. The first-order chi connectivity index (χ1) is 15.5. The predicted molar refractivity (Wildman–Crippen MR) is 134 cm³/mol. The fourth-order valence-corrected chi connectivity index (χ4v) is 5.02. The molecule has 0 heterocycles. The Morgan fingerprint density at radius 2 is 1.24 bits per heavy atom. The van der Waals surface area contributed by atoms with E-state index in [1.54, 1.807) is 0 Å². The van der Waals surface area contributed by atoms with Crippen LogP contribution in [-0.2, 0) is 4.79 Å². The smallest absolute Gasteiger partial charge is 0.252 e. The molecule has 0 spiro atoms. The summed E-state index contributed by atoms with van der Waals surface area (Å²) >= 11 is 3.63. The van der Waals surface area contributed by atoms with Crippen molar-refractivity contribution < 1.29 is 45.0 Å². The second-order valence-electron chi connectivity index (χ2n) is 7.01. The molecule has 3 atom stereocenters. The molecule has 1 aromatic rings.